The number of esters is 1. The maximum Gasteiger partial charge on any atom is 0.427 e. The van der Waals surface area contributed by atoms with E-state index >= 15 is 0 Å². The molecule has 1 aromatic carbocycles. The fourth-order valence-corrected chi connectivity index (χ4v) is 3.36. The quantitative estimate of drug-likeness (QED) is 0.819. The fraction of sp³-hybridized carbons (Fsp3) is 0.444. The van der Waals surface area contributed by atoms with Gasteiger partial charge < -0.3 is 10.1 Å². The van der Waals surface area contributed by atoms with Gasteiger partial charge in [0.25, 0.3) is 5.54 Å². The van der Waals surface area contributed by atoms with Crippen molar-refractivity contribution in [1.82, 2.24) is 0 Å². The van der Waals surface area contributed by atoms with E-state index < -0.39 is 34.5 Å². The number of carbonyl (C=O) groups excluding carboxylic acids is 2. The molecule has 2 aliphatic rings. The largest absolute Gasteiger partial charge is 0.428 e. The summed E-state index contributed by atoms with van der Waals surface area (Å²) in [6.45, 7) is 5.30. The van der Waals surface area contributed by atoms with Crippen molar-refractivity contribution >= 4 is 17.4 Å². The van der Waals surface area contributed by atoms with Crippen LogP contribution in [0.3, 0.4) is 0 Å². The first-order valence-electron chi connectivity index (χ1n) is 7.87. The first-order chi connectivity index (χ1) is 11.5. The van der Waals surface area contributed by atoms with Crippen LogP contribution in [0.2, 0.25) is 0 Å². The van der Waals surface area contributed by atoms with Gasteiger partial charge in [0.05, 0.1) is 5.57 Å². The second kappa shape index (κ2) is 5.34. The normalized spacial score (nSPS) is 25.7. The van der Waals surface area contributed by atoms with Crippen molar-refractivity contribution < 1.29 is 27.5 Å². The minimum absolute atomic E-state index is 0.0735. The minimum atomic E-state index is -5.02. The van der Waals surface area contributed by atoms with Crippen LogP contribution in [0.5, 0.6) is 0 Å². The Balaban J connectivity index is 2.15. The van der Waals surface area contributed by atoms with E-state index in [0.29, 0.717) is 0 Å². The molecule has 0 bridgehead atoms. The van der Waals surface area contributed by atoms with E-state index in [2.05, 4.69) is 5.32 Å². The second-order valence-corrected chi connectivity index (χ2v) is 7.37. The van der Waals surface area contributed by atoms with E-state index in [1.165, 1.54) is 12.1 Å². The summed E-state index contributed by atoms with van der Waals surface area (Å²) in [6.07, 6.45) is -4.99. The molecule has 134 valence electrons. The van der Waals surface area contributed by atoms with Crippen LogP contribution in [-0.4, -0.2) is 23.5 Å². The van der Waals surface area contributed by atoms with Gasteiger partial charge in [0.2, 0.25) is 0 Å². The van der Waals surface area contributed by atoms with Crippen LogP contribution in [0.1, 0.15) is 32.3 Å². The number of ether oxygens (including phenoxy) is 1. The highest BCUT2D eigenvalue weighted by atomic mass is 19.4. The van der Waals surface area contributed by atoms with Gasteiger partial charge in [0.1, 0.15) is 5.76 Å². The lowest BCUT2D eigenvalue weighted by molar-refractivity contribution is -0.185. The molecule has 1 N–H and O–H groups in total. The van der Waals surface area contributed by atoms with E-state index in [-0.39, 0.29) is 24.3 Å². The highest BCUT2D eigenvalue weighted by Gasteiger charge is 2.71. The van der Waals surface area contributed by atoms with Gasteiger partial charge >= 0.3 is 12.1 Å². The summed E-state index contributed by atoms with van der Waals surface area (Å²) in [5, 5.41) is 2.25. The predicted octanol–water partition coefficient (Wildman–Crippen LogP) is 3.91. The molecule has 0 spiro atoms. The van der Waals surface area contributed by atoms with Crippen LogP contribution in [-0.2, 0) is 14.3 Å². The number of hydrogen-bond acceptors (Lipinski definition) is 4. The van der Waals surface area contributed by atoms with Crippen molar-refractivity contribution in [3.8, 4) is 0 Å². The molecule has 25 heavy (non-hydrogen) atoms. The minimum Gasteiger partial charge on any atom is -0.428 e. The molecule has 1 aromatic rings. The predicted molar refractivity (Wildman–Crippen MR) is 84.7 cm³/mol. The summed E-state index contributed by atoms with van der Waals surface area (Å²) in [6, 6.07) is 6.11. The van der Waals surface area contributed by atoms with E-state index in [9.17, 15) is 22.8 Å². The Kier molecular flexibility index (Phi) is 3.74. The van der Waals surface area contributed by atoms with Crippen molar-refractivity contribution in [2.75, 3.05) is 5.32 Å². The molecule has 3 rings (SSSR count). The molecular formula is C18H18F3NO3. The summed E-state index contributed by atoms with van der Waals surface area (Å²) in [5.41, 5.74) is -3.38. The number of alkyl halides is 3. The van der Waals surface area contributed by atoms with Gasteiger partial charge in [-0.15, -0.1) is 0 Å². The Morgan fingerprint density at radius 3 is 2.24 bits per heavy atom. The third-order valence-electron chi connectivity index (χ3n) is 4.54. The number of allylic oxidation sites excluding steroid dienone is 1. The van der Waals surface area contributed by atoms with Gasteiger partial charge in [-0.05, 0) is 24.5 Å². The average Bonchev–Trinajstić information content (AvgIpc) is 2.72. The SMILES string of the molecule is Cc1ccc(N[C@]2(C(F)(F)F)C(=O)OC3=C2C(=O)CC(C)(C)C3)cc1. The van der Waals surface area contributed by atoms with E-state index in [1.807, 2.05) is 0 Å². The van der Waals surface area contributed by atoms with Crippen LogP contribution in [0.25, 0.3) is 0 Å². The van der Waals surface area contributed by atoms with Crippen LogP contribution >= 0.6 is 0 Å². The number of nitrogens with one attached hydrogen (secondary N) is 1. The molecule has 4 nitrogen and oxygen atoms in total. The Hall–Kier alpha value is -2.31. The number of benzene rings is 1. The average molecular weight is 353 g/mol. The molecule has 0 saturated carbocycles. The van der Waals surface area contributed by atoms with Gasteiger partial charge in [-0.3, -0.25) is 4.79 Å². The highest BCUT2D eigenvalue weighted by Crippen LogP contribution is 2.51. The number of Topliss-reactive ketones (excluding diaryl/α,β-unsaturated/α-hetero) is 1. The summed E-state index contributed by atoms with van der Waals surface area (Å²) in [5.74, 6) is -2.39. The molecule has 0 saturated heterocycles. The molecule has 0 radical (unpaired) electrons. The fourth-order valence-electron chi connectivity index (χ4n) is 3.36. The van der Waals surface area contributed by atoms with E-state index in [4.69, 9.17) is 4.74 Å². The van der Waals surface area contributed by atoms with Crippen LogP contribution < -0.4 is 5.32 Å². The number of anilines is 1. The molecule has 0 aromatic heterocycles. The Morgan fingerprint density at radius 1 is 1.08 bits per heavy atom. The van der Waals surface area contributed by atoms with Crippen molar-refractivity contribution in [3.63, 3.8) is 0 Å². The Labute approximate surface area is 143 Å². The number of aryl methyl sites for hydroxylation is 1. The summed E-state index contributed by atoms with van der Waals surface area (Å²) in [4.78, 5) is 24.9. The third kappa shape index (κ3) is 2.71. The molecule has 1 aliphatic heterocycles. The molecule has 0 fully saturated rings. The molecule has 1 heterocycles. The van der Waals surface area contributed by atoms with Gasteiger partial charge in [-0.1, -0.05) is 31.5 Å². The molecule has 0 unspecified atom stereocenters. The van der Waals surface area contributed by atoms with Crippen molar-refractivity contribution in [3.05, 3.63) is 41.2 Å². The number of rotatable bonds is 2. The van der Waals surface area contributed by atoms with E-state index in [0.717, 1.165) is 5.56 Å². The van der Waals surface area contributed by atoms with Gasteiger partial charge in [-0.2, -0.15) is 13.2 Å². The summed E-state index contributed by atoms with van der Waals surface area (Å²) in [7, 11) is 0. The number of halogens is 3. The number of ketones is 1. The maximum atomic E-state index is 14.0. The summed E-state index contributed by atoms with van der Waals surface area (Å²) < 4.78 is 47.0. The van der Waals surface area contributed by atoms with Crippen molar-refractivity contribution in [2.24, 2.45) is 5.41 Å². The third-order valence-corrected chi connectivity index (χ3v) is 4.54. The number of carbonyl (C=O) groups is 2. The lowest BCUT2D eigenvalue weighted by Crippen LogP contribution is -2.59. The molecule has 1 atom stereocenters. The smallest absolute Gasteiger partial charge is 0.427 e. The standard InChI is InChI=1S/C18H18F3NO3/c1-10-4-6-11(7-5-10)22-17(18(19,20)21)14-12(23)8-16(2,3)9-13(14)25-15(17)24/h4-7,22H,8-9H2,1-3H3/t17-/m0/s1. The zero-order valence-corrected chi connectivity index (χ0v) is 14.1. The topological polar surface area (TPSA) is 55.4 Å². The first-order valence-corrected chi connectivity index (χ1v) is 7.87. The van der Waals surface area contributed by atoms with E-state index in [1.54, 1.807) is 32.9 Å². The van der Waals surface area contributed by atoms with Crippen molar-refractivity contribution in [2.45, 2.75) is 45.3 Å². The first kappa shape index (κ1) is 17.5. The zero-order valence-electron chi connectivity index (χ0n) is 14.1. The van der Waals surface area contributed by atoms with Crippen LogP contribution in [0, 0.1) is 12.3 Å². The van der Waals surface area contributed by atoms with Crippen LogP contribution in [0.15, 0.2) is 35.6 Å². The molecular weight excluding hydrogens is 335 g/mol. The lowest BCUT2D eigenvalue weighted by atomic mass is 9.72. The Bertz CT molecular complexity index is 778. The maximum absolute atomic E-state index is 14.0. The summed E-state index contributed by atoms with van der Waals surface area (Å²) >= 11 is 0. The highest BCUT2D eigenvalue weighted by molar-refractivity contribution is 6.11. The van der Waals surface area contributed by atoms with Gasteiger partial charge in [-0.25, -0.2) is 4.79 Å². The number of hydrogen-bond donors (Lipinski definition) is 1. The van der Waals surface area contributed by atoms with Crippen LogP contribution in [0.4, 0.5) is 18.9 Å². The lowest BCUT2D eigenvalue weighted by Gasteiger charge is -2.34. The molecule has 0 amide bonds. The second-order valence-electron chi connectivity index (χ2n) is 7.37. The van der Waals surface area contributed by atoms with Crippen molar-refractivity contribution in [1.29, 1.82) is 0 Å². The monoisotopic (exact) mass is 353 g/mol. The molecule has 1 aliphatic carbocycles. The zero-order chi connectivity index (χ0) is 18.6. The Morgan fingerprint density at radius 2 is 1.68 bits per heavy atom. The molecule has 7 heteroatoms. The van der Waals surface area contributed by atoms with Gasteiger partial charge in [0, 0.05) is 18.5 Å². The van der Waals surface area contributed by atoms with Gasteiger partial charge in [0.15, 0.2) is 5.78 Å².